The number of fused-ring (bicyclic) bond motifs is 1. The number of urea groups is 1. The molecule has 0 saturated carbocycles. The van der Waals surface area contributed by atoms with E-state index in [9.17, 15) is 26.7 Å². The molecule has 168 valence electrons. The number of hydrogen-bond donors (Lipinski definition) is 2. The minimum absolute atomic E-state index is 0.178. The number of alkyl halides is 3. The first-order valence-electron chi connectivity index (χ1n) is 9.32. The molecule has 0 spiro atoms. The molecule has 0 fully saturated rings. The van der Waals surface area contributed by atoms with Crippen LogP contribution in [0.2, 0.25) is 0 Å². The molecule has 4 rings (SSSR count). The van der Waals surface area contributed by atoms with E-state index in [0.717, 1.165) is 24.3 Å². The lowest BCUT2D eigenvalue weighted by Crippen LogP contribution is -2.20. The van der Waals surface area contributed by atoms with Crippen molar-refractivity contribution in [3.8, 4) is 11.5 Å². The molecular weight excluding hydrogens is 447 g/mol. The van der Waals surface area contributed by atoms with Gasteiger partial charge in [-0.15, -0.1) is 0 Å². The Morgan fingerprint density at radius 3 is 2.36 bits per heavy atom. The summed E-state index contributed by atoms with van der Waals surface area (Å²) in [5.41, 5.74) is -0.613. The summed E-state index contributed by atoms with van der Waals surface area (Å²) in [7, 11) is 0. The summed E-state index contributed by atoms with van der Waals surface area (Å²) in [5.74, 6) is -3.04. The van der Waals surface area contributed by atoms with Crippen molar-refractivity contribution in [1.29, 1.82) is 0 Å². The molecular formula is C22H13F5N4O2. The number of nitrogens with zero attached hydrogens (tertiary/aromatic N) is 2. The summed E-state index contributed by atoms with van der Waals surface area (Å²) >= 11 is 0. The molecule has 6 nitrogen and oxygen atoms in total. The third-order valence-electron chi connectivity index (χ3n) is 4.41. The first-order chi connectivity index (χ1) is 15.7. The molecule has 1 aromatic heterocycles. The molecule has 0 saturated heterocycles. The molecule has 11 heteroatoms. The molecule has 1 heterocycles. The normalized spacial score (nSPS) is 11.3. The van der Waals surface area contributed by atoms with Crippen LogP contribution in [0, 0.1) is 11.6 Å². The topological polar surface area (TPSA) is 76.1 Å². The monoisotopic (exact) mass is 460 g/mol. The maximum atomic E-state index is 14.5. The number of nitrogens with one attached hydrogen (secondary N) is 2. The Labute approximate surface area is 183 Å². The lowest BCUT2D eigenvalue weighted by Gasteiger charge is -2.13. The zero-order valence-electron chi connectivity index (χ0n) is 16.5. The molecule has 0 radical (unpaired) electrons. The quantitative estimate of drug-likeness (QED) is 0.348. The van der Waals surface area contributed by atoms with E-state index in [1.54, 1.807) is 6.07 Å². The fourth-order valence-electron chi connectivity index (χ4n) is 2.90. The largest absolute Gasteiger partial charge is 0.454 e. The average molecular weight is 460 g/mol. The van der Waals surface area contributed by atoms with Crippen LogP contribution in [-0.4, -0.2) is 16.0 Å². The van der Waals surface area contributed by atoms with Crippen LogP contribution in [0.15, 0.2) is 67.0 Å². The molecule has 0 bridgehead atoms. The van der Waals surface area contributed by atoms with E-state index in [0.29, 0.717) is 17.1 Å². The van der Waals surface area contributed by atoms with Gasteiger partial charge in [0.2, 0.25) is 5.82 Å². The molecule has 0 aliphatic heterocycles. The van der Waals surface area contributed by atoms with Gasteiger partial charge >= 0.3 is 12.2 Å². The van der Waals surface area contributed by atoms with Gasteiger partial charge in [-0.05, 0) is 42.5 Å². The van der Waals surface area contributed by atoms with Gasteiger partial charge in [0, 0.05) is 24.1 Å². The molecule has 0 aliphatic rings. The van der Waals surface area contributed by atoms with Crippen LogP contribution < -0.4 is 15.4 Å². The van der Waals surface area contributed by atoms with Gasteiger partial charge < -0.3 is 15.4 Å². The zero-order valence-corrected chi connectivity index (χ0v) is 16.5. The van der Waals surface area contributed by atoms with E-state index in [1.807, 2.05) is 0 Å². The minimum Gasteiger partial charge on any atom is -0.454 e. The van der Waals surface area contributed by atoms with E-state index < -0.39 is 40.8 Å². The highest BCUT2D eigenvalue weighted by Crippen LogP contribution is 2.32. The number of carbonyl (C=O) groups excluding carboxylic acids is 1. The molecule has 33 heavy (non-hydrogen) atoms. The summed E-state index contributed by atoms with van der Waals surface area (Å²) in [6.45, 7) is 0. The molecule has 3 aromatic carbocycles. The summed E-state index contributed by atoms with van der Waals surface area (Å²) in [4.78, 5) is 20.3. The van der Waals surface area contributed by atoms with E-state index in [-0.39, 0.29) is 11.4 Å². The number of aromatic nitrogens is 2. The Morgan fingerprint density at radius 1 is 0.848 bits per heavy atom. The predicted octanol–water partition coefficient (Wildman–Crippen LogP) is 6.36. The molecule has 0 aliphatic carbocycles. The van der Waals surface area contributed by atoms with Crippen molar-refractivity contribution < 1.29 is 31.5 Å². The lowest BCUT2D eigenvalue weighted by atomic mass is 10.2. The summed E-state index contributed by atoms with van der Waals surface area (Å²) in [5, 5.41) is 4.19. The predicted molar refractivity (Wildman–Crippen MR) is 110 cm³/mol. The molecule has 2 amide bonds. The Morgan fingerprint density at radius 2 is 1.61 bits per heavy atom. The van der Waals surface area contributed by atoms with Crippen LogP contribution in [0.3, 0.4) is 0 Å². The number of anilines is 2. The number of halogens is 5. The van der Waals surface area contributed by atoms with Crippen LogP contribution in [0.5, 0.6) is 11.5 Å². The first kappa shape index (κ1) is 21.9. The van der Waals surface area contributed by atoms with Crippen molar-refractivity contribution in [2.45, 2.75) is 6.18 Å². The molecule has 4 aromatic rings. The van der Waals surface area contributed by atoms with Crippen molar-refractivity contribution in [2.75, 3.05) is 10.6 Å². The number of hydrogen-bond acceptors (Lipinski definition) is 4. The van der Waals surface area contributed by atoms with Crippen LogP contribution in [-0.2, 0) is 6.18 Å². The number of rotatable bonds is 4. The number of ether oxygens (including phenoxy) is 1. The van der Waals surface area contributed by atoms with Gasteiger partial charge in [-0.2, -0.15) is 17.6 Å². The molecule has 0 unspecified atom stereocenters. The fourth-order valence-corrected chi connectivity index (χ4v) is 2.90. The highest BCUT2D eigenvalue weighted by molar-refractivity contribution is 5.99. The van der Waals surface area contributed by atoms with Gasteiger partial charge in [0.1, 0.15) is 5.75 Å². The Hall–Kier alpha value is -4.28. The smallest absolute Gasteiger partial charge is 0.416 e. The third-order valence-corrected chi connectivity index (χ3v) is 4.41. The van der Waals surface area contributed by atoms with E-state index in [1.165, 1.54) is 30.6 Å². The average Bonchev–Trinajstić information content (AvgIpc) is 2.78. The van der Waals surface area contributed by atoms with E-state index in [2.05, 4.69) is 20.6 Å². The zero-order chi connectivity index (χ0) is 23.6. The van der Waals surface area contributed by atoms with Gasteiger partial charge in [0.15, 0.2) is 11.6 Å². The van der Waals surface area contributed by atoms with Crippen molar-refractivity contribution in [3.63, 3.8) is 0 Å². The van der Waals surface area contributed by atoms with Gasteiger partial charge in [-0.25, -0.2) is 9.18 Å². The van der Waals surface area contributed by atoms with Crippen LogP contribution in [0.4, 0.5) is 38.1 Å². The highest BCUT2D eigenvalue weighted by atomic mass is 19.4. The second-order valence-electron chi connectivity index (χ2n) is 6.71. The lowest BCUT2D eigenvalue weighted by molar-refractivity contribution is -0.137. The van der Waals surface area contributed by atoms with Crippen molar-refractivity contribution in [1.82, 2.24) is 9.97 Å². The van der Waals surface area contributed by atoms with E-state index >= 15 is 0 Å². The standard InChI is InChI=1S/C22H13F5N4O2/c23-19-16(31-21(32)30-13-3-1-2-12(10-13)22(25,26)27)6-7-18(20(19)24)33-14-4-5-15-17(11-14)29-9-8-28-15/h1-11H,(H2,30,31,32). The van der Waals surface area contributed by atoms with Crippen molar-refractivity contribution in [3.05, 3.63) is 84.2 Å². The van der Waals surface area contributed by atoms with Gasteiger partial charge in [-0.3, -0.25) is 9.97 Å². The summed E-state index contributed by atoms with van der Waals surface area (Å²) < 4.78 is 72.7. The van der Waals surface area contributed by atoms with Crippen LogP contribution in [0.25, 0.3) is 11.0 Å². The Kier molecular flexibility index (Phi) is 5.78. The second-order valence-corrected chi connectivity index (χ2v) is 6.71. The minimum atomic E-state index is -4.60. The SMILES string of the molecule is O=C(Nc1cccc(C(F)(F)F)c1)Nc1ccc(Oc2ccc3nccnc3c2)c(F)c1F. The maximum absolute atomic E-state index is 14.5. The molecule has 2 N–H and O–H groups in total. The van der Waals surface area contributed by atoms with Crippen molar-refractivity contribution >= 4 is 28.4 Å². The van der Waals surface area contributed by atoms with Gasteiger partial charge in [-0.1, -0.05) is 6.07 Å². The Bertz CT molecular complexity index is 1340. The van der Waals surface area contributed by atoms with Gasteiger partial charge in [0.05, 0.1) is 22.3 Å². The highest BCUT2D eigenvalue weighted by Gasteiger charge is 2.30. The summed E-state index contributed by atoms with van der Waals surface area (Å²) in [6, 6.07) is 9.55. The summed E-state index contributed by atoms with van der Waals surface area (Å²) in [6.07, 6.45) is -1.62. The fraction of sp³-hybridized carbons (Fsp3) is 0.0455. The van der Waals surface area contributed by atoms with Crippen molar-refractivity contribution in [2.24, 2.45) is 0 Å². The van der Waals surface area contributed by atoms with E-state index in [4.69, 9.17) is 4.74 Å². The van der Waals surface area contributed by atoms with Gasteiger partial charge in [0.25, 0.3) is 0 Å². The van der Waals surface area contributed by atoms with Crippen LogP contribution >= 0.6 is 0 Å². The maximum Gasteiger partial charge on any atom is 0.416 e. The number of carbonyl (C=O) groups is 1. The second kappa shape index (κ2) is 8.69. The van der Waals surface area contributed by atoms with Crippen LogP contribution in [0.1, 0.15) is 5.56 Å². The first-order valence-corrected chi connectivity index (χ1v) is 9.32. The number of benzene rings is 3. The molecule has 0 atom stereocenters. The Balaban J connectivity index is 1.48. The third kappa shape index (κ3) is 4.97. The number of amides is 2.